The molecule has 0 atom stereocenters. The minimum atomic E-state index is -0.183. The number of phenols is 1. The number of Topliss-reactive ketones (excluding diaryl/α,β-unsaturated/α-hetero) is 1. The standard InChI is InChI=1S/C9H8O3/c1-6(11)9-3-2-8(12)4-7(9)5-10/h2-5,12H,1H3. The molecule has 0 aromatic heterocycles. The van der Waals surface area contributed by atoms with Gasteiger partial charge in [0.2, 0.25) is 0 Å². The van der Waals surface area contributed by atoms with Crippen LogP contribution >= 0.6 is 0 Å². The van der Waals surface area contributed by atoms with E-state index < -0.39 is 0 Å². The quantitative estimate of drug-likeness (QED) is 0.531. The van der Waals surface area contributed by atoms with Crippen LogP contribution in [0, 0.1) is 0 Å². The summed E-state index contributed by atoms with van der Waals surface area (Å²) in [4.78, 5) is 21.3. The highest BCUT2D eigenvalue weighted by Gasteiger charge is 2.06. The number of carbonyl (C=O) groups is 2. The molecule has 0 aliphatic rings. The Hall–Kier alpha value is -1.64. The second-order valence-electron chi connectivity index (χ2n) is 2.45. The van der Waals surface area contributed by atoms with E-state index in [-0.39, 0.29) is 17.1 Å². The van der Waals surface area contributed by atoms with Gasteiger partial charge in [0.25, 0.3) is 0 Å². The van der Waals surface area contributed by atoms with Crippen LogP contribution in [0.2, 0.25) is 0 Å². The highest BCUT2D eigenvalue weighted by atomic mass is 16.3. The Balaban J connectivity index is 3.29. The minimum Gasteiger partial charge on any atom is -0.508 e. The van der Waals surface area contributed by atoms with Crippen molar-refractivity contribution >= 4 is 12.1 Å². The third kappa shape index (κ3) is 1.50. The lowest BCUT2D eigenvalue weighted by atomic mass is 10.1. The number of hydrogen-bond acceptors (Lipinski definition) is 3. The number of ketones is 1. The van der Waals surface area contributed by atoms with Crippen LogP contribution in [0.5, 0.6) is 5.75 Å². The maximum Gasteiger partial charge on any atom is 0.160 e. The summed E-state index contributed by atoms with van der Waals surface area (Å²) in [7, 11) is 0. The van der Waals surface area contributed by atoms with Crippen molar-refractivity contribution in [1.82, 2.24) is 0 Å². The fraction of sp³-hybridized carbons (Fsp3) is 0.111. The molecule has 0 bridgehead atoms. The van der Waals surface area contributed by atoms with Gasteiger partial charge >= 0.3 is 0 Å². The highest BCUT2D eigenvalue weighted by molar-refractivity contribution is 6.01. The first-order chi connectivity index (χ1) is 5.65. The second-order valence-corrected chi connectivity index (χ2v) is 2.45. The van der Waals surface area contributed by atoms with Crippen LogP contribution < -0.4 is 0 Å². The smallest absolute Gasteiger partial charge is 0.160 e. The van der Waals surface area contributed by atoms with E-state index >= 15 is 0 Å². The van der Waals surface area contributed by atoms with Gasteiger partial charge in [-0.2, -0.15) is 0 Å². The highest BCUT2D eigenvalue weighted by Crippen LogP contribution is 2.15. The van der Waals surface area contributed by atoms with E-state index in [1.54, 1.807) is 0 Å². The van der Waals surface area contributed by atoms with Gasteiger partial charge in [0.1, 0.15) is 5.75 Å². The lowest BCUT2D eigenvalue weighted by Crippen LogP contribution is -1.97. The van der Waals surface area contributed by atoms with E-state index in [2.05, 4.69) is 0 Å². The third-order valence-corrected chi connectivity index (χ3v) is 1.54. The Morgan fingerprint density at radius 1 is 1.50 bits per heavy atom. The Bertz CT molecular complexity index is 329. The van der Waals surface area contributed by atoms with Crippen LogP contribution in [-0.2, 0) is 0 Å². The topological polar surface area (TPSA) is 54.4 Å². The van der Waals surface area contributed by atoms with Crippen LogP contribution in [0.1, 0.15) is 27.6 Å². The lowest BCUT2D eigenvalue weighted by molar-refractivity contribution is 0.100. The molecule has 0 heterocycles. The summed E-state index contributed by atoms with van der Waals surface area (Å²) in [6.45, 7) is 1.37. The van der Waals surface area contributed by atoms with Crippen LogP contribution in [0.4, 0.5) is 0 Å². The van der Waals surface area contributed by atoms with Gasteiger partial charge in [-0.05, 0) is 25.1 Å². The maximum absolute atomic E-state index is 10.9. The molecular weight excluding hydrogens is 156 g/mol. The molecule has 62 valence electrons. The van der Waals surface area contributed by atoms with Crippen molar-refractivity contribution in [1.29, 1.82) is 0 Å². The van der Waals surface area contributed by atoms with E-state index in [1.807, 2.05) is 0 Å². The number of hydrogen-bond donors (Lipinski definition) is 1. The lowest BCUT2D eigenvalue weighted by Gasteiger charge is -1.99. The van der Waals surface area contributed by atoms with Crippen molar-refractivity contribution in [3.63, 3.8) is 0 Å². The molecule has 0 saturated heterocycles. The van der Waals surface area contributed by atoms with E-state index in [0.29, 0.717) is 11.8 Å². The number of aromatic hydroxyl groups is 1. The summed E-state index contributed by atoms with van der Waals surface area (Å²) >= 11 is 0. The summed E-state index contributed by atoms with van der Waals surface area (Å²) < 4.78 is 0. The van der Waals surface area contributed by atoms with Gasteiger partial charge in [-0.1, -0.05) is 0 Å². The monoisotopic (exact) mass is 164 g/mol. The summed E-state index contributed by atoms with van der Waals surface area (Å²) in [5.74, 6) is -0.195. The van der Waals surface area contributed by atoms with Crippen molar-refractivity contribution in [2.75, 3.05) is 0 Å². The molecule has 3 heteroatoms. The number of carbonyl (C=O) groups excluding carboxylic acids is 2. The SMILES string of the molecule is CC(=O)c1ccc(O)cc1C=O. The number of phenolic OH excluding ortho intramolecular Hbond substituents is 1. The molecule has 12 heavy (non-hydrogen) atoms. The Morgan fingerprint density at radius 3 is 2.67 bits per heavy atom. The number of benzene rings is 1. The second kappa shape index (κ2) is 3.17. The zero-order valence-electron chi connectivity index (χ0n) is 6.57. The largest absolute Gasteiger partial charge is 0.508 e. The molecule has 0 spiro atoms. The average Bonchev–Trinajstić information content (AvgIpc) is 2.03. The van der Waals surface area contributed by atoms with E-state index in [0.717, 1.165) is 0 Å². The number of rotatable bonds is 2. The van der Waals surface area contributed by atoms with Gasteiger partial charge in [-0.25, -0.2) is 0 Å². The van der Waals surface area contributed by atoms with Gasteiger partial charge in [0.05, 0.1) is 0 Å². The van der Waals surface area contributed by atoms with Gasteiger partial charge in [-0.15, -0.1) is 0 Å². The Kier molecular flexibility index (Phi) is 2.24. The number of aldehydes is 1. The molecule has 0 unspecified atom stereocenters. The normalized spacial score (nSPS) is 9.42. The van der Waals surface area contributed by atoms with Crippen LogP contribution in [0.15, 0.2) is 18.2 Å². The van der Waals surface area contributed by atoms with E-state index in [1.165, 1.54) is 25.1 Å². The molecule has 0 aliphatic carbocycles. The molecule has 1 rings (SSSR count). The van der Waals surface area contributed by atoms with Gasteiger partial charge in [0.15, 0.2) is 12.1 Å². The molecule has 1 N–H and O–H groups in total. The van der Waals surface area contributed by atoms with Crippen molar-refractivity contribution < 1.29 is 14.7 Å². The molecule has 0 radical (unpaired) electrons. The minimum absolute atomic E-state index is 0.0119. The fourth-order valence-electron chi connectivity index (χ4n) is 0.968. The predicted molar refractivity (Wildman–Crippen MR) is 43.5 cm³/mol. The van der Waals surface area contributed by atoms with E-state index in [4.69, 9.17) is 5.11 Å². The molecule has 1 aromatic rings. The average molecular weight is 164 g/mol. The fourth-order valence-corrected chi connectivity index (χ4v) is 0.968. The van der Waals surface area contributed by atoms with Crippen molar-refractivity contribution in [2.24, 2.45) is 0 Å². The zero-order valence-corrected chi connectivity index (χ0v) is 6.57. The summed E-state index contributed by atoms with van der Waals surface area (Å²) in [5, 5.41) is 8.98. The molecular formula is C9H8O3. The summed E-state index contributed by atoms with van der Waals surface area (Å²) in [6, 6.07) is 4.08. The first-order valence-electron chi connectivity index (χ1n) is 3.44. The first-order valence-corrected chi connectivity index (χ1v) is 3.44. The van der Waals surface area contributed by atoms with Crippen molar-refractivity contribution in [3.05, 3.63) is 29.3 Å². The predicted octanol–water partition coefficient (Wildman–Crippen LogP) is 1.41. The van der Waals surface area contributed by atoms with Gasteiger partial charge < -0.3 is 5.11 Å². The van der Waals surface area contributed by atoms with E-state index in [9.17, 15) is 9.59 Å². The molecule has 0 aliphatic heterocycles. The van der Waals surface area contributed by atoms with Crippen molar-refractivity contribution in [2.45, 2.75) is 6.92 Å². The Labute approximate surface area is 69.6 Å². The zero-order chi connectivity index (χ0) is 9.14. The maximum atomic E-state index is 10.9. The summed E-state index contributed by atoms with van der Waals surface area (Å²) in [6.07, 6.45) is 0.552. The molecule has 1 aromatic carbocycles. The van der Waals surface area contributed by atoms with Crippen LogP contribution in [0.25, 0.3) is 0 Å². The van der Waals surface area contributed by atoms with Gasteiger partial charge in [-0.3, -0.25) is 9.59 Å². The molecule has 0 amide bonds. The van der Waals surface area contributed by atoms with Gasteiger partial charge in [0, 0.05) is 11.1 Å². The summed E-state index contributed by atoms with van der Waals surface area (Å²) in [5.41, 5.74) is 0.560. The third-order valence-electron chi connectivity index (χ3n) is 1.54. The molecule has 0 saturated carbocycles. The first kappa shape index (κ1) is 8.46. The molecule has 3 nitrogen and oxygen atoms in total. The van der Waals surface area contributed by atoms with Crippen LogP contribution in [-0.4, -0.2) is 17.2 Å². The Morgan fingerprint density at radius 2 is 2.17 bits per heavy atom. The molecule has 0 fully saturated rings. The van der Waals surface area contributed by atoms with Crippen molar-refractivity contribution in [3.8, 4) is 5.75 Å². The van der Waals surface area contributed by atoms with Crippen LogP contribution in [0.3, 0.4) is 0 Å².